The topological polar surface area (TPSA) is 66.0 Å². The highest BCUT2D eigenvalue weighted by molar-refractivity contribution is 6.30. The molecule has 1 saturated heterocycles. The first-order valence-corrected chi connectivity index (χ1v) is 8.63. The van der Waals surface area contributed by atoms with Gasteiger partial charge in [0.2, 0.25) is 0 Å². The standard InChI is InChI=1S/C17H25ClN4O2/c1-3-24-17(23)22-10-8-15(9-11-22)21-16(19-2)20-12-13-4-6-14(18)7-5-13/h4-7,15H,3,8-12H2,1-2H3,(H2,19,20,21). The Kier molecular flexibility index (Phi) is 7.18. The zero-order valence-corrected chi connectivity index (χ0v) is 15.0. The maximum atomic E-state index is 11.7. The molecule has 132 valence electrons. The van der Waals surface area contributed by atoms with Crippen molar-refractivity contribution in [2.24, 2.45) is 4.99 Å². The van der Waals surface area contributed by atoms with E-state index in [0.717, 1.165) is 29.4 Å². The van der Waals surface area contributed by atoms with Crippen molar-refractivity contribution in [1.29, 1.82) is 0 Å². The predicted octanol–water partition coefficient (Wildman–Crippen LogP) is 2.63. The number of likely N-dealkylation sites (tertiary alicyclic amines) is 1. The SMILES string of the molecule is CCOC(=O)N1CCC(NC(=NC)NCc2ccc(Cl)cc2)CC1. The summed E-state index contributed by atoms with van der Waals surface area (Å²) in [6, 6.07) is 8.02. The van der Waals surface area contributed by atoms with Crippen LogP contribution in [0.3, 0.4) is 0 Å². The molecule has 1 fully saturated rings. The number of nitrogens with one attached hydrogen (secondary N) is 2. The Morgan fingerprint density at radius 2 is 2.00 bits per heavy atom. The van der Waals surface area contributed by atoms with Gasteiger partial charge in [0.1, 0.15) is 0 Å². The van der Waals surface area contributed by atoms with Gasteiger partial charge in [0.25, 0.3) is 0 Å². The summed E-state index contributed by atoms with van der Waals surface area (Å²) in [5.41, 5.74) is 1.14. The number of hydrogen-bond donors (Lipinski definition) is 2. The third kappa shape index (κ3) is 5.60. The Morgan fingerprint density at radius 1 is 1.33 bits per heavy atom. The molecule has 0 atom stereocenters. The Labute approximate surface area is 148 Å². The normalized spacial score (nSPS) is 16.0. The molecule has 0 aliphatic carbocycles. The van der Waals surface area contributed by atoms with E-state index in [9.17, 15) is 4.79 Å². The first-order valence-electron chi connectivity index (χ1n) is 8.25. The quantitative estimate of drug-likeness (QED) is 0.645. The third-order valence-corrected chi connectivity index (χ3v) is 4.21. The monoisotopic (exact) mass is 352 g/mol. The van der Waals surface area contributed by atoms with E-state index in [4.69, 9.17) is 16.3 Å². The van der Waals surface area contributed by atoms with Crippen LogP contribution in [0, 0.1) is 0 Å². The van der Waals surface area contributed by atoms with Gasteiger partial charge in [-0.3, -0.25) is 4.99 Å². The number of halogens is 1. The largest absolute Gasteiger partial charge is 0.450 e. The number of aliphatic imine (C=N–C) groups is 1. The summed E-state index contributed by atoms with van der Waals surface area (Å²) < 4.78 is 5.04. The molecule has 7 heteroatoms. The van der Waals surface area contributed by atoms with Crippen molar-refractivity contribution in [3.05, 3.63) is 34.9 Å². The van der Waals surface area contributed by atoms with Crippen molar-refractivity contribution in [2.75, 3.05) is 26.7 Å². The van der Waals surface area contributed by atoms with Gasteiger partial charge in [-0.1, -0.05) is 23.7 Å². The van der Waals surface area contributed by atoms with E-state index >= 15 is 0 Å². The summed E-state index contributed by atoms with van der Waals surface area (Å²) >= 11 is 5.89. The van der Waals surface area contributed by atoms with Crippen LogP contribution in [0.2, 0.25) is 5.02 Å². The van der Waals surface area contributed by atoms with Crippen LogP contribution in [0.5, 0.6) is 0 Å². The number of nitrogens with zero attached hydrogens (tertiary/aromatic N) is 2. The molecule has 6 nitrogen and oxygen atoms in total. The van der Waals surface area contributed by atoms with Crippen molar-refractivity contribution in [2.45, 2.75) is 32.4 Å². The van der Waals surface area contributed by atoms with Crippen LogP contribution >= 0.6 is 11.6 Å². The molecule has 0 saturated carbocycles. The van der Waals surface area contributed by atoms with E-state index in [-0.39, 0.29) is 6.09 Å². The molecular formula is C17H25ClN4O2. The molecule has 1 amide bonds. The number of rotatable bonds is 4. The molecule has 0 bridgehead atoms. The maximum absolute atomic E-state index is 11.7. The molecule has 1 aromatic rings. The minimum Gasteiger partial charge on any atom is -0.450 e. The van der Waals surface area contributed by atoms with E-state index in [1.54, 1.807) is 11.9 Å². The van der Waals surface area contributed by atoms with E-state index in [1.807, 2.05) is 31.2 Å². The van der Waals surface area contributed by atoms with Crippen molar-refractivity contribution in [1.82, 2.24) is 15.5 Å². The highest BCUT2D eigenvalue weighted by Gasteiger charge is 2.23. The average Bonchev–Trinajstić information content (AvgIpc) is 2.60. The highest BCUT2D eigenvalue weighted by Crippen LogP contribution is 2.12. The van der Waals surface area contributed by atoms with Crippen LogP contribution < -0.4 is 10.6 Å². The van der Waals surface area contributed by atoms with E-state index in [1.165, 1.54) is 0 Å². The summed E-state index contributed by atoms with van der Waals surface area (Å²) in [5.74, 6) is 0.763. The van der Waals surface area contributed by atoms with Gasteiger partial charge < -0.3 is 20.3 Å². The number of amides is 1. The predicted molar refractivity (Wildman–Crippen MR) is 96.4 cm³/mol. The van der Waals surface area contributed by atoms with Gasteiger partial charge in [-0.05, 0) is 37.5 Å². The molecule has 0 radical (unpaired) electrons. The van der Waals surface area contributed by atoms with Crippen LogP contribution in [0.25, 0.3) is 0 Å². The average molecular weight is 353 g/mol. The minimum atomic E-state index is -0.221. The number of ether oxygens (including phenoxy) is 1. The van der Waals surface area contributed by atoms with E-state index < -0.39 is 0 Å². The summed E-state index contributed by atoms with van der Waals surface area (Å²) in [7, 11) is 1.75. The fraction of sp³-hybridized carbons (Fsp3) is 0.529. The van der Waals surface area contributed by atoms with Gasteiger partial charge in [0, 0.05) is 37.7 Å². The maximum Gasteiger partial charge on any atom is 0.409 e. The number of carbonyl (C=O) groups is 1. The third-order valence-electron chi connectivity index (χ3n) is 3.96. The summed E-state index contributed by atoms with van der Waals surface area (Å²) in [4.78, 5) is 17.7. The van der Waals surface area contributed by atoms with Crippen molar-refractivity contribution in [3.8, 4) is 0 Å². The van der Waals surface area contributed by atoms with Crippen LogP contribution in [-0.4, -0.2) is 49.7 Å². The Balaban J connectivity index is 1.75. The lowest BCUT2D eigenvalue weighted by atomic mass is 10.1. The van der Waals surface area contributed by atoms with Crippen molar-refractivity contribution < 1.29 is 9.53 Å². The highest BCUT2D eigenvalue weighted by atomic mass is 35.5. The molecule has 1 aromatic carbocycles. The Bertz CT molecular complexity index is 554. The van der Waals surface area contributed by atoms with Crippen LogP contribution in [0.4, 0.5) is 4.79 Å². The lowest BCUT2D eigenvalue weighted by Crippen LogP contribution is -2.49. The molecule has 1 aliphatic heterocycles. The minimum absolute atomic E-state index is 0.221. The molecule has 1 heterocycles. The molecular weight excluding hydrogens is 328 g/mol. The van der Waals surface area contributed by atoms with Crippen molar-refractivity contribution >= 4 is 23.7 Å². The fourth-order valence-electron chi connectivity index (χ4n) is 2.60. The number of carbonyl (C=O) groups excluding carboxylic acids is 1. The second kappa shape index (κ2) is 9.37. The van der Waals surface area contributed by atoms with Gasteiger partial charge in [-0.25, -0.2) is 4.79 Å². The Morgan fingerprint density at radius 3 is 2.58 bits per heavy atom. The summed E-state index contributed by atoms with van der Waals surface area (Å²) in [5, 5.41) is 7.44. The second-order valence-electron chi connectivity index (χ2n) is 5.66. The van der Waals surface area contributed by atoms with Gasteiger partial charge in [-0.2, -0.15) is 0 Å². The molecule has 1 aliphatic rings. The zero-order chi connectivity index (χ0) is 17.4. The van der Waals surface area contributed by atoms with Crippen LogP contribution in [-0.2, 0) is 11.3 Å². The lowest BCUT2D eigenvalue weighted by Gasteiger charge is -2.32. The molecule has 0 aromatic heterocycles. The molecule has 2 rings (SSSR count). The number of piperidine rings is 1. The summed E-state index contributed by atoms with van der Waals surface area (Å²) in [6.07, 6.45) is 1.53. The number of benzene rings is 1. The zero-order valence-electron chi connectivity index (χ0n) is 14.2. The van der Waals surface area contributed by atoms with Gasteiger partial charge in [0.05, 0.1) is 6.61 Å². The molecule has 24 heavy (non-hydrogen) atoms. The molecule has 2 N–H and O–H groups in total. The van der Waals surface area contributed by atoms with Gasteiger partial charge in [0.15, 0.2) is 5.96 Å². The first-order chi connectivity index (χ1) is 11.6. The summed E-state index contributed by atoms with van der Waals surface area (Å²) in [6.45, 7) is 4.31. The fourth-order valence-corrected chi connectivity index (χ4v) is 2.72. The second-order valence-corrected chi connectivity index (χ2v) is 6.09. The van der Waals surface area contributed by atoms with Crippen molar-refractivity contribution in [3.63, 3.8) is 0 Å². The van der Waals surface area contributed by atoms with E-state index in [2.05, 4.69) is 15.6 Å². The Hall–Kier alpha value is -1.95. The molecule has 0 spiro atoms. The molecule has 0 unspecified atom stereocenters. The number of hydrogen-bond acceptors (Lipinski definition) is 3. The van der Waals surface area contributed by atoms with E-state index in [0.29, 0.717) is 32.3 Å². The van der Waals surface area contributed by atoms with Crippen LogP contribution in [0.15, 0.2) is 29.3 Å². The lowest BCUT2D eigenvalue weighted by molar-refractivity contribution is 0.0963. The first kappa shape index (κ1) is 18.4. The van der Waals surface area contributed by atoms with Crippen LogP contribution in [0.1, 0.15) is 25.3 Å². The smallest absolute Gasteiger partial charge is 0.409 e. The van der Waals surface area contributed by atoms with Gasteiger partial charge >= 0.3 is 6.09 Å². The van der Waals surface area contributed by atoms with Gasteiger partial charge in [-0.15, -0.1) is 0 Å². The number of guanidine groups is 1.